The lowest BCUT2D eigenvalue weighted by atomic mass is 10.1. The van der Waals surface area contributed by atoms with Gasteiger partial charge in [-0.05, 0) is 24.6 Å². The maximum Gasteiger partial charge on any atom is 0.256 e. The third-order valence-corrected chi connectivity index (χ3v) is 4.26. The van der Waals surface area contributed by atoms with Crippen molar-refractivity contribution in [2.45, 2.75) is 6.92 Å². The van der Waals surface area contributed by atoms with Gasteiger partial charge in [-0.15, -0.1) is 0 Å². The van der Waals surface area contributed by atoms with Crippen molar-refractivity contribution >= 4 is 29.0 Å². The lowest BCUT2D eigenvalue weighted by Crippen LogP contribution is -2.20. The molecule has 3 heterocycles. The summed E-state index contributed by atoms with van der Waals surface area (Å²) in [4.78, 5) is 21.0. The van der Waals surface area contributed by atoms with Crippen molar-refractivity contribution in [3.05, 3.63) is 47.9 Å². The van der Waals surface area contributed by atoms with Gasteiger partial charge in [0.25, 0.3) is 5.91 Å². The first-order chi connectivity index (χ1) is 13.1. The van der Waals surface area contributed by atoms with E-state index in [0.29, 0.717) is 41.9 Å². The van der Waals surface area contributed by atoms with Crippen LogP contribution >= 0.6 is 0 Å². The molecule has 138 valence electrons. The minimum absolute atomic E-state index is 0.218. The second kappa shape index (κ2) is 6.94. The van der Waals surface area contributed by atoms with Crippen molar-refractivity contribution in [1.29, 1.82) is 0 Å². The number of rotatable bonds is 4. The van der Waals surface area contributed by atoms with Crippen LogP contribution in [0.25, 0.3) is 0 Å². The number of aryl methyl sites for hydroxylation is 2. The van der Waals surface area contributed by atoms with E-state index in [2.05, 4.69) is 31.0 Å². The first kappa shape index (κ1) is 16.8. The Morgan fingerprint density at radius 1 is 1.30 bits per heavy atom. The molecule has 0 unspecified atom stereocenters. The predicted octanol–water partition coefficient (Wildman–Crippen LogP) is 2.32. The zero-order chi connectivity index (χ0) is 18.8. The second-order valence-electron chi connectivity index (χ2n) is 6.12. The van der Waals surface area contributed by atoms with Gasteiger partial charge in [0.05, 0.1) is 12.7 Å². The number of nitrogens with zero attached hydrogens (tertiary/aromatic N) is 4. The predicted molar refractivity (Wildman–Crippen MR) is 102 cm³/mol. The Hall–Kier alpha value is -3.62. The molecule has 0 atom stereocenters. The van der Waals surface area contributed by atoms with Crippen molar-refractivity contribution in [1.82, 2.24) is 19.7 Å². The molecule has 0 bridgehead atoms. The molecule has 3 N–H and O–H groups in total. The SMILES string of the molecule is Cc1ccc(C(=O)Nc2ccnn2C)cc1Nc1ncnc2c1OCCN2. The van der Waals surface area contributed by atoms with Gasteiger partial charge in [0, 0.05) is 24.4 Å². The molecule has 2 aromatic heterocycles. The van der Waals surface area contributed by atoms with Gasteiger partial charge in [-0.3, -0.25) is 9.48 Å². The number of amides is 1. The molecule has 1 aromatic carbocycles. The standard InChI is InChI=1S/C18H19N7O2/c1-11-3-4-12(18(26)24-14-5-6-22-25(14)2)9-13(11)23-17-15-16(20-10-21-17)19-7-8-27-15/h3-6,9-10H,7-8H2,1-2H3,(H,24,26)(H2,19,20,21,23). The average Bonchev–Trinajstić information content (AvgIpc) is 3.08. The molecule has 4 rings (SSSR count). The molecule has 0 radical (unpaired) electrons. The molecule has 3 aromatic rings. The quantitative estimate of drug-likeness (QED) is 0.651. The minimum atomic E-state index is -0.218. The number of nitrogens with one attached hydrogen (secondary N) is 3. The van der Waals surface area contributed by atoms with Crippen molar-refractivity contribution in [2.24, 2.45) is 7.05 Å². The topological polar surface area (TPSA) is 106 Å². The van der Waals surface area contributed by atoms with Crippen LogP contribution in [0.2, 0.25) is 0 Å². The molecular weight excluding hydrogens is 346 g/mol. The second-order valence-corrected chi connectivity index (χ2v) is 6.12. The summed E-state index contributed by atoms with van der Waals surface area (Å²) in [5, 5.41) is 13.3. The Labute approximate surface area is 155 Å². The number of aromatic nitrogens is 4. The third kappa shape index (κ3) is 3.39. The van der Waals surface area contributed by atoms with Gasteiger partial charge in [-0.1, -0.05) is 6.07 Å². The van der Waals surface area contributed by atoms with E-state index in [1.165, 1.54) is 6.33 Å². The molecule has 0 aliphatic carbocycles. The first-order valence-corrected chi connectivity index (χ1v) is 8.50. The van der Waals surface area contributed by atoms with Crippen LogP contribution in [0.1, 0.15) is 15.9 Å². The number of hydrogen-bond donors (Lipinski definition) is 3. The monoisotopic (exact) mass is 365 g/mol. The van der Waals surface area contributed by atoms with Crippen molar-refractivity contribution < 1.29 is 9.53 Å². The van der Waals surface area contributed by atoms with E-state index < -0.39 is 0 Å². The van der Waals surface area contributed by atoms with Crippen molar-refractivity contribution in [2.75, 3.05) is 29.1 Å². The molecule has 1 amide bonds. The van der Waals surface area contributed by atoms with Crippen LogP contribution in [0.15, 0.2) is 36.8 Å². The normalized spacial score (nSPS) is 12.5. The van der Waals surface area contributed by atoms with Crippen molar-refractivity contribution in [3.63, 3.8) is 0 Å². The van der Waals surface area contributed by atoms with Crippen LogP contribution in [0.3, 0.4) is 0 Å². The Morgan fingerprint density at radius 2 is 2.19 bits per heavy atom. The van der Waals surface area contributed by atoms with Gasteiger partial charge >= 0.3 is 0 Å². The summed E-state index contributed by atoms with van der Waals surface area (Å²) in [6, 6.07) is 7.18. The highest BCUT2D eigenvalue weighted by atomic mass is 16.5. The molecule has 27 heavy (non-hydrogen) atoms. The molecule has 0 fully saturated rings. The Morgan fingerprint density at radius 3 is 3.00 bits per heavy atom. The Kier molecular flexibility index (Phi) is 4.33. The van der Waals surface area contributed by atoms with E-state index in [1.54, 1.807) is 36.1 Å². The minimum Gasteiger partial charge on any atom is -0.485 e. The molecule has 1 aliphatic heterocycles. The molecule has 9 heteroatoms. The van der Waals surface area contributed by atoms with Gasteiger partial charge in [0.15, 0.2) is 11.6 Å². The lowest BCUT2D eigenvalue weighted by Gasteiger charge is -2.20. The fourth-order valence-corrected chi connectivity index (χ4v) is 2.76. The van der Waals surface area contributed by atoms with Crippen LogP contribution < -0.4 is 20.7 Å². The van der Waals surface area contributed by atoms with E-state index in [9.17, 15) is 4.79 Å². The lowest BCUT2D eigenvalue weighted by molar-refractivity contribution is 0.102. The summed E-state index contributed by atoms with van der Waals surface area (Å²) >= 11 is 0. The number of carbonyl (C=O) groups is 1. The molecule has 0 spiro atoms. The van der Waals surface area contributed by atoms with Crippen molar-refractivity contribution in [3.8, 4) is 5.75 Å². The fraction of sp³-hybridized carbons (Fsp3) is 0.222. The smallest absolute Gasteiger partial charge is 0.256 e. The highest BCUT2D eigenvalue weighted by molar-refractivity contribution is 6.04. The van der Waals surface area contributed by atoms with E-state index >= 15 is 0 Å². The average molecular weight is 365 g/mol. The van der Waals surface area contributed by atoms with Gasteiger partial charge < -0.3 is 20.7 Å². The highest BCUT2D eigenvalue weighted by Crippen LogP contribution is 2.34. The molecule has 0 saturated heterocycles. The van der Waals surface area contributed by atoms with E-state index in [4.69, 9.17) is 4.74 Å². The molecular formula is C18H19N7O2. The number of ether oxygens (including phenoxy) is 1. The van der Waals surface area contributed by atoms with Crippen LogP contribution in [-0.2, 0) is 7.05 Å². The summed E-state index contributed by atoms with van der Waals surface area (Å²) in [6.45, 7) is 3.20. The zero-order valence-corrected chi connectivity index (χ0v) is 15.0. The van der Waals surface area contributed by atoms with Gasteiger partial charge in [-0.2, -0.15) is 5.10 Å². The third-order valence-electron chi connectivity index (χ3n) is 4.26. The van der Waals surface area contributed by atoms with Crippen LogP contribution in [0, 0.1) is 6.92 Å². The number of anilines is 4. The maximum atomic E-state index is 12.6. The molecule has 0 saturated carbocycles. The van der Waals surface area contributed by atoms with Crippen LogP contribution in [-0.4, -0.2) is 38.8 Å². The number of hydrogen-bond acceptors (Lipinski definition) is 7. The van der Waals surface area contributed by atoms with Crippen LogP contribution in [0.5, 0.6) is 5.75 Å². The Balaban J connectivity index is 1.60. The largest absolute Gasteiger partial charge is 0.485 e. The summed E-state index contributed by atoms with van der Waals surface area (Å²) in [5.74, 6) is 2.19. The molecule has 9 nitrogen and oxygen atoms in total. The fourth-order valence-electron chi connectivity index (χ4n) is 2.76. The Bertz CT molecular complexity index is 999. The number of carbonyl (C=O) groups excluding carboxylic acids is 1. The van der Waals surface area contributed by atoms with E-state index in [-0.39, 0.29) is 5.91 Å². The summed E-state index contributed by atoms with van der Waals surface area (Å²) in [6.07, 6.45) is 3.10. The van der Waals surface area contributed by atoms with Crippen LogP contribution in [0.4, 0.5) is 23.1 Å². The number of benzene rings is 1. The maximum absolute atomic E-state index is 12.6. The van der Waals surface area contributed by atoms with Gasteiger partial charge in [0.2, 0.25) is 5.75 Å². The zero-order valence-electron chi connectivity index (χ0n) is 15.0. The van der Waals surface area contributed by atoms with E-state index in [1.807, 2.05) is 13.0 Å². The first-order valence-electron chi connectivity index (χ1n) is 8.50. The van der Waals surface area contributed by atoms with Gasteiger partial charge in [0.1, 0.15) is 18.8 Å². The summed E-state index contributed by atoms with van der Waals surface area (Å²) in [7, 11) is 1.77. The van der Waals surface area contributed by atoms with Gasteiger partial charge in [-0.25, -0.2) is 9.97 Å². The summed E-state index contributed by atoms with van der Waals surface area (Å²) < 4.78 is 7.29. The highest BCUT2D eigenvalue weighted by Gasteiger charge is 2.18. The number of fused-ring (bicyclic) bond motifs is 1. The summed E-state index contributed by atoms with van der Waals surface area (Å²) in [5.41, 5.74) is 2.26. The molecule has 1 aliphatic rings. The van der Waals surface area contributed by atoms with E-state index in [0.717, 1.165) is 11.3 Å².